The van der Waals surface area contributed by atoms with Crippen molar-refractivity contribution >= 4 is 27.4 Å². The quantitative estimate of drug-likeness (QED) is 0.413. The Kier molecular flexibility index (Phi) is 7.19. The average Bonchev–Trinajstić information content (AvgIpc) is 2.77. The number of rotatable bonds is 6. The number of carbonyl (C=O) groups excluding carboxylic acids is 1. The van der Waals surface area contributed by atoms with Crippen LogP contribution in [0.4, 0.5) is 0 Å². The van der Waals surface area contributed by atoms with Gasteiger partial charge in [-0.05, 0) is 52.7 Å². The maximum absolute atomic E-state index is 11.9. The molecule has 0 aromatic heterocycles. The largest absolute Gasteiger partial charge is 0.508 e. The number of benzene rings is 3. The first kappa shape index (κ1) is 21.1. The van der Waals surface area contributed by atoms with Crippen molar-refractivity contribution in [3.8, 4) is 23.8 Å². The van der Waals surface area contributed by atoms with E-state index < -0.39 is 0 Å². The van der Waals surface area contributed by atoms with Crippen molar-refractivity contribution in [2.24, 2.45) is 0 Å². The van der Waals surface area contributed by atoms with Gasteiger partial charge in [0.15, 0.2) is 5.12 Å². The molecule has 0 unspecified atom stereocenters. The van der Waals surface area contributed by atoms with E-state index in [0.717, 1.165) is 38.9 Å². The Labute approximate surface area is 180 Å². The van der Waals surface area contributed by atoms with Gasteiger partial charge in [-0.25, -0.2) is 0 Å². The van der Waals surface area contributed by atoms with Crippen LogP contribution < -0.4 is 4.74 Å². The smallest absolute Gasteiger partial charge is 0.191 e. The number of phenols is 1. The summed E-state index contributed by atoms with van der Waals surface area (Å²) in [6.45, 7) is 1.74. The number of hydrogen-bond donors (Lipinski definition) is 1. The maximum atomic E-state index is 11.9. The van der Waals surface area contributed by atoms with Crippen molar-refractivity contribution in [3.63, 3.8) is 0 Å². The van der Waals surface area contributed by atoms with Gasteiger partial charge in [-0.3, -0.25) is 4.79 Å². The second-order valence-electron chi connectivity index (χ2n) is 6.35. The number of carbonyl (C=O) groups is 1. The first-order chi connectivity index (χ1) is 14.6. The van der Waals surface area contributed by atoms with Gasteiger partial charge in [-0.1, -0.05) is 66.2 Å². The minimum atomic E-state index is -0.0237. The van der Waals surface area contributed by atoms with Gasteiger partial charge in [-0.15, -0.1) is 6.42 Å². The Bertz CT molecular complexity index is 1120. The van der Waals surface area contributed by atoms with E-state index in [0.29, 0.717) is 5.75 Å². The summed E-state index contributed by atoms with van der Waals surface area (Å²) in [6, 6.07) is 24.1. The zero-order valence-corrected chi connectivity index (χ0v) is 17.3. The van der Waals surface area contributed by atoms with Crippen LogP contribution in [0.2, 0.25) is 0 Å². The van der Waals surface area contributed by atoms with Gasteiger partial charge in [0.05, 0.1) is 4.91 Å². The lowest BCUT2D eigenvalue weighted by Gasteiger charge is -2.10. The van der Waals surface area contributed by atoms with E-state index in [9.17, 15) is 9.90 Å². The van der Waals surface area contributed by atoms with E-state index in [1.807, 2.05) is 66.7 Å². The van der Waals surface area contributed by atoms with E-state index >= 15 is 0 Å². The molecule has 0 fully saturated rings. The summed E-state index contributed by atoms with van der Waals surface area (Å²) in [5.41, 5.74) is 6.90. The maximum Gasteiger partial charge on any atom is 0.191 e. The molecule has 3 aromatic carbocycles. The lowest BCUT2D eigenvalue weighted by molar-refractivity contribution is -0.109. The molecule has 148 valence electrons. The Morgan fingerprint density at radius 2 is 1.53 bits per heavy atom. The molecule has 30 heavy (non-hydrogen) atoms. The molecular weight excluding hydrogens is 392 g/mol. The standard InChI is InChI=1S/C26H20O3S/c1-3-17-29-24-15-11-21(12-16-24)25(20-9-13-23(28)14-10-20)18-26(30-19(2)27)22-7-5-4-6-8-22/h1,4-16,28H,17H2,2H3. The Morgan fingerprint density at radius 1 is 0.933 bits per heavy atom. The number of phenolic OH excluding ortho intramolecular Hbond substituents is 1. The van der Waals surface area contributed by atoms with Crippen molar-refractivity contribution < 1.29 is 14.6 Å². The molecule has 0 atom stereocenters. The van der Waals surface area contributed by atoms with Crippen molar-refractivity contribution in [2.75, 3.05) is 6.61 Å². The topological polar surface area (TPSA) is 46.5 Å². The van der Waals surface area contributed by atoms with E-state index in [1.54, 1.807) is 12.1 Å². The van der Waals surface area contributed by atoms with Crippen molar-refractivity contribution in [2.45, 2.75) is 6.92 Å². The normalized spacial score (nSPS) is 9.87. The van der Waals surface area contributed by atoms with Crippen LogP contribution >= 0.6 is 11.8 Å². The van der Waals surface area contributed by atoms with E-state index in [2.05, 4.69) is 11.7 Å². The molecule has 4 heteroatoms. The molecule has 1 N–H and O–H groups in total. The summed E-state index contributed by atoms with van der Waals surface area (Å²) in [6.07, 6.45) is 5.25. The van der Waals surface area contributed by atoms with Crippen LogP contribution in [0.3, 0.4) is 0 Å². The number of thioether (sulfide) groups is 1. The third-order valence-electron chi connectivity index (χ3n) is 4.14. The number of terminal acetylenes is 1. The van der Waals surface area contributed by atoms with Crippen LogP contribution in [0.25, 0.3) is 10.5 Å². The van der Waals surface area contributed by atoms with E-state index in [-0.39, 0.29) is 17.5 Å². The van der Waals surface area contributed by atoms with Gasteiger partial charge < -0.3 is 9.84 Å². The zero-order valence-electron chi connectivity index (χ0n) is 16.5. The third kappa shape index (κ3) is 5.68. The molecule has 0 radical (unpaired) electrons. The zero-order chi connectivity index (χ0) is 21.3. The molecule has 3 rings (SSSR count). The number of ether oxygens (including phenoxy) is 1. The minimum Gasteiger partial charge on any atom is -0.508 e. The van der Waals surface area contributed by atoms with Crippen LogP contribution in [0.15, 0.2) is 84.6 Å². The second kappa shape index (κ2) is 10.2. The molecular formula is C26H20O3S. The lowest BCUT2D eigenvalue weighted by Crippen LogP contribution is -1.94. The summed E-state index contributed by atoms with van der Waals surface area (Å²) in [5, 5.41) is 9.67. The van der Waals surface area contributed by atoms with Crippen LogP contribution in [0.1, 0.15) is 23.6 Å². The fraction of sp³-hybridized carbons (Fsp3) is 0.0769. The highest BCUT2D eigenvalue weighted by Gasteiger charge is 2.10. The minimum absolute atomic E-state index is 0.0237. The van der Waals surface area contributed by atoms with E-state index in [4.69, 9.17) is 11.2 Å². The van der Waals surface area contributed by atoms with Gasteiger partial charge in [0.25, 0.3) is 0 Å². The molecule has 0 saturated carbocycles. The monoisotopic (exact) mass is 412 g/mol. The van der Waals surface area contributed by atoms with Crippen molar-refractivity contribution in [3.05, 3.63) is 101 Å². The summed E-state index contributed by atoms with van der Waals surface area (Å²) in [5.74, 6) is 3.30. The fourth-order valence-electron chi connectivity index (χ4n) is 2.79. The van der Waals surface area contributed by atoms with Crippen LogP contribution in [0.5, 0.6) is 11.5 Å². The van der Waals surface area contributed by atoms with E-state index in [1.165, 1.54) is 6.92 Å². The Morgan fingerprint density at radius 3 is 2.10 bits per heavy atom. The molecule has 3 aromatic rings. The molecule has 3 nitrogen and oxygen atoms in total. The Hall–Kier alpha value is -3.64. The number of aromatic hydroxyl groups is 1. The predicted octanol–water partition coefficient (Wildman–Crippen LogP) is 5.76. The molecule has 0 heterocycles. The highest BCUT2D eigenvalue weighted by Crippen LogP contribution is 2.32. The summed E-state index contributed by atoms with van der Waals surface area (Å²) >= 11 is 1.14. The van der Waals surface area contributed by atoms with Gasteiger partial charge in [0, 0.05) is 12.5 Å². The second-order valence-corrected chi connectivity index (χ2v) is 7.54. The third-order valence-corrected chi connectivity index (χ3v) is 4.97. The number of hydrogen-bond acceptors (Lipinski definition) is 4. The highest BCUT2D eigenvalue weighted by atomic mass is 32.2. The molecule has 0 bridgehead atoms. The van der Waals surface area contributed by atoms with Crippen LogP contribution in [-0.4, -0.2) is 16.8 Å². The molecule has 0 saturated heterocycles. The van der Waals surface area contributed by atoms with Gasteiger partial charge in [0.2, 0.25) is 0 Å². The Balaban J connectivity index is 2.19. The lowest BCUT2D eigenvalue weighted by atomic mass is 9.98. The fourth-order valence-corrected chi connectivity index (χ4v) is 3.48. The SMILES string of the molecule is C#CCOc1ccc(C(=C=C(SC(C)=O)c2ccccc2)c2ccc(O)cc2)cc1. The molecule has 0 aliphatic heterocycles. The first-order valence-corrected chi connectivity index (χ1v) is 10.1. The van der Waals surface area contributed by atoms with Gasteiger partial charge in [-0.2, -0.15) is 0 Å². The van der Waals surface area contributed by atoms with Crippen LogP contribution in [0, 0.1) is 12.3 Å². The highest BCUT2D eigenvalue weighted by molar-refractivity contribution is 8.21. The summed E-state index contributed by atoms with van der Waals surface area (Å²) in [7, 11) is 0. The van der Waals surface area contributed by atoms with Gasteiger partial charge in [0.1, 0.15) is 18.1 Å². The van der Waals surface area contributed by atoms with Gasteiger partial charge >= 0.3 is 0 Å². The average molecular weight is 413 g/mol. The predicted molar refractivity (Wildman–Crippen MR) is 123 cm³/mol. The van der Waals surface area contributed by atoms with Crippen molar-refractivity contribution in [1.29, 1.82) is 0 Å². The van der Waals surface area contributed by atoms with Crippen LogP contribution in [-0.2, 0) is 4.79 Å². The van der Waals surface area contributed by atoms with Crippen molar-refractivity contribution in [1.82, 2.24) is 0 Å². The molecule has 0 aliphatic rings. The molecule has 0 amide bonds. The summed E-state index contributed by atoms with van der Waals surface area (Å²) in [4.78, 5) is 12.6. The summed E-state index contributed by atoms with van der Waals surface area (Å²) < 4.78 is 5.46. The molecule has 0 aliphatic carbocycles. The molecule has 0 spiro atoms. The first-order valence-electron chi connectivity index (χ1n) is 9.27.